The number of benzene rings is 1. The van der Waals surface area contributed by atoms with Crippen molar-refractivity contribution in [1.29, 1.82) is 0 Å². The molecule has 0 aliphatic rings. The lowest BCUT2D eigenvalue weighted by atomic mass is 10.2. The summed E-state index contributed by atoms with van der Waals surface area (Å²) < 4.78 is 5.61. The number of ether oxygens (including phenoxy) is 1. The van der Waals surface area contributed by atoms with Crippen LogP contribution in [0.2, 0.25) is 0 Å². The fourth-order valence-corrected chi connectivity index (χ4v) is 1.58. The van der Waals surface area contributed by atoms with Crippen molar-refractivity contribution < 1.29 is 9.84 Å². The van der Waals surface area contributed by atoms with E-state index >= 15 is 0 Å². The van der Waals surface area contributed by atoms with Crippen molar-refractivity contribution in [2.45, 2.75) is 45.8 Å². The molecule has 3 nitrogen and oxygen atoms in total. The Morgan fingerprint density at radius 1 is 1.28 bits per heavy atom. The molecular weight excluding hydrogens is 226 g/mol. The first-order valence-corrected chi connectivity index (χ1v) is 6.83. The molecule has 2 N–H and O–H groups in total. The van der Waals surface area contributed by atoms with Crippen molar-refractivity contribution >= 4 is 0 Å². The summed E-state index contributed by atoms with van der Waals surface area (Å²) in [4.78, 5) is 0. The van der Waals surface area contributed by atoms with E-state index in [1.54, 1.807) is 0 Å². The van der Waals surface area contributed by atoms with Gasteiger partial charge in [0.15, 0.2) is 0 Å². The van der Waals surface area contributed by atoms with E-state index in [-0.39, 0.29) is 6.10 Å². The topological polar surface area (TPSA) is 41.5 Å². The highest BCUT2D eigenvalue weighted by atomic mass is 16.5. The SMILES string of the molecule is CCCCOc1ccc(CNCCC(C)O)cc1. The first kappa shape index (κ1) is 15.0. The zero-order chi connectivity index (χ0) is 13.2. The van der Waals surface area contributed by atoms with Crippen molar-refractivity contribution in [3.8, 4) is 5.75 Å². The van der Waals surface area contributed by atoms with Gasteiger partial charge < -0.3 is 15.2 Å². The van der Waals surface area contributed by atoms with Crippen LogP contribution < -0.4 is 10.1 Å². The van der Waals surface area contributed by atoms with E-state index in [1.165, 1.54) is 5.56 Å². The Hall–Kier alpha value is -1.06. The maximum absolute atomic E-state index is 9.13. The monoisotopic (exact) mass is 251 g/mol. The third kappa shape index (κ3) is 6.62. The highest BCUT2D eigenvalue weighted by molar-refractivity contribution is 5.27. The second-order valence-corrected chi connectivity index (χ2v) is 4.66. The largest absolute Gasteiger partial charge is 0.494 e. The fraction of sp³-hybridized carbons (Fsp3) is 0.600. The van der Waals surface area contributed by atoms with Crippen LogP contribution in [0.4, 0.5) is 0 Å². The molecule has 1 rings (SSSR count). The molecule has 0 fully saturated rings. The Kier molecular flexibility index (Phi) is 7.46. The standard InChI is InChI=1S/C15H25NO2/c1-3-4-11-18-15-7-5-14(6-8-15)12-16-10-9-13(2)17/h5-8,13,16-17H,3-4,9-12H2,1-2H3. The Bertz CT molecular complexity index is 309. The molecule has 0 aromatic heterocycles. The van der Waals surface area contributed by atoms with Gasteiger partial charge in [-0.1, -0.05) is 25.5 Å². The molecule has 1 unspecified atom stereocenters. The number of hydrogen-bond donors (Lipinski definition) is 2. The Morgan fingerprint density at radius 3 is 2.61 bits per heavy atom. The second-order valence-electron chi connectivity index (χ2n) is 4.66. The molecule has 1 aromatic rings. The number of hydrogen-bond acceptors (Lipinski definition) is 3. The summed E-state index contributed by atoms with van der Waals surface area (Å²) in [5.41, 5.74) is 1.24. The normalized spacial score (nSPS) is 12.4. The van der Waals surface area contributed by atoms with E-state index in [9.17, 15) is 0 Å². The average Bonchev–Trinajstić information content (AvgIpc) is 2.36. The molecule has 1 aromatic carbocycles. The predicted octanol–water partition coefficient (Wildman–Crippen LogP) is 2.73. The highest BCUT2D eigenvalue weighted by Gasteiger charge is 1.97. The molecular formula is C15H25NO2. The van der Waals surface area contributed by atoms with Crippen molar-refractivity contribution in [3.63, 3.8) is 0 Å². The first-order valence-electron chi connectivity index (χ1n) is 6.83. The number of aliphatic hydroxyl groups excluding tert-OH is 1. The maximum Gasteiger partial charge on any atom is 0.119 e. The van der Waals surface area contributed by atoms with E-state index in [0.29, 0.717) is 0 Å². The molecule has 0 amide bonds. The van der Waals surface area contributed by atoms with Gasteiger partial charge in [0.25, 0.3) is 0 Å². The molecule has 0 saturated heterocycles. The van der Waals surface area contributed by atoms with Crippen LogP contribution in [0, 0.1) is 0 Å². The Labute approximate surface area is 110 Å². The van der Waals surface area contributed by atoms with Gasteiger partial charge in [-0.15, -0.1) is 0 Å². The molecule has 0 spiro atoms. The van der Waals surface area contributed by atoms with Crippen LogP contribution in [0.25, 0.3) is 0 Å². The van der Waals surface area contributed by atoms with Gasteiger partial charge >= 0.3 is 0 Å². The lowest BCUT2D eigenvalue weighted by Crippen LogP contribution is -2.18. The summed E-state index contributed by atoms with van der Waals surface area (Å²) in [5, 5.41) is 12.4. The average molecular weight is 251 g/mol. The fourth-order valence-electron chi connectivity index (χ4n) is 1.58. The number of nitrogens with one attached hydrogen (secondary N) is 1. The van der Waals surface area contributed by atoms with Crippen molar-refractivity contribution in [2.24, 2.45) is 0 Å². The van der Waals surface area contributed by atoms with Crippen LogP contribution in [-0.4, -0.2) is 24.4 Å². The van der Waals surface area contributed by atoms with Gasteiger partial charge in [0, 0.05) is 6.54 Å². The van der Waals surface area contributed by atoms with Gasteiger partial charge in [-0.25, -0.2) is 0 Å². The minimum atomic E-state index is -0.230. The van der Waals surface area contributed by atoms with Gasteiger partial charge in [-0.2, -0.15) is 0 Å². The molecule has 1 atom stereocenters. The summed E-state index contributed by atoms with van der Waals surface area (Å²) >= 11 is 0. The van der Waals surface area contributed by atoms with Crippen molar-refractivity contribution in [1.82, 2.24) is 5.32 Å². The molecule has 0 heterocycles. The molecule has 3 heteroatoms. The summed E-state index contributed by atoms with van der Waals surface area (Å²) in [6.07, 6.45) is 2.82. The summed E-state index contributed by atoms with van der Waals surface area (Å²) in [5.74, 6) is 0.941. The third-order valence-electron chi connectivity index (χ3n) is 2.76. The number of aliphatic hydroxyl groups is 1. The molecule has 0 bridgehead atoms. The molecule has 0 aliphatic heterocycles. The summed E-state index contributed by atoms with van der Waals surface area (Å²) in [6, 6.07) is 8.19. The van der Waals surface area contributed by atoms with Gasteiger partial charge in [0.1, 0.15) is 5.75 Å². The van der Waals surface area contributed by atoms with Crippen molar-refractivity contribution in [3.05, 3.63) is 29.8 Å². The number of rotatable bonds is 9. The zero-order valence-electron chi connectivity index (χ0n) is 11.5. The molecule has 0 aliphatic carbocycles. The minimum absolute atomic E-state index is 0.230. The Balaban J connectivity index is 2.23. The van der Waals surface area contributed by atoms with Crippen molar-refractivity contribution in [2.75, 3.05) is 13.2 Å². The second kappa shape index (κ2) is 8.95. The van der Waals surface area contributed by atoms with E-state index < -0.39 is 0 Å². The number of unbranched alkanes of at least 4 members (excludes halogenated alkanes) is 1. The molecule has 102 valence electrons. The molecule has 0 saturated carbocycles. The van der Waals surface area contributed by atoms with Gasteiger partial charge in [0.2, 0.25) is 0 Å². The van der Waals surface area contributed by atoms with Gasteiger partial charge in [0.05, 0.1) is 12.7 Å². The van der Waals surface area contributed by atoms with Crippen LogP contribution in [0.15, 0.2) is 24.3 Å². The van der Waals surface area contributed by atoms with Crippen LogP contribution in [0.1, 0.15) is 38.7 Å². The highest BCUT2D eigenvalue weighted by Crippen LogP contribution is 2.12. The lowest BCUT2D eigenvalue weighted by Gasteiger charge is -2.08. The van der Waals surface area contributed by atoms with Crippen LogP contribution in [0.3, 0.4) is 0 Å². The van der Waals surface area contributed by atoms with E-state index in [4.69, 9.17) is 9.84 Å². The van der Waals surface area contributed by atoms with Crippen LogP contribution in [0.5, 0.6) is 5.75 Å². The third-order valence-corrected chi connectivity index (χ3v) is 2.76. The van der Waals surface area contributed by atoms with Crippen LogP contribution in [-0.2, 0) is 6.54 Å². The molecule has 18 heavy (non-hydrogen) atoms. The minimum Gasteiger partial charge on any atom is -0.494 e. The molecule has 0 radical (unpaired) electrons. The maximum atomic E-state index is 9.13. The van der Waals surface area contributed by atoms with Gasteiger partial charge in [-0.3, -0.25) is 0 Å². The quantitative estimate of drug-likeness (QED) is 0.663. The summed E-state index contributed by atoms with van der Waals surface area (Å²) in [6.45, 7) is 6.44. The van der Waals surface area contributed by atoms with E-state index in [1.807, 2.05) is 19.1 Å². The smallest absolute Gasteiger partial charge is 0.119 e. The lowest BCUT2D eigenvalue weighted by molar-refractivity contribution is 0.183. The Morgan fingerprint density at radius 2 is 2.00 bits per heavy atom. The van der Waals surface area contributed by atoms with E-state index in [0.717, 1.165) is 44.7 Å². The zero-order valence-corrected chi connectivity index (χ0v) is 11.5. The summed E-state index contributed by atoms with van der Waals surface area (Å²) in [7, 11) is 0. The predicted molar refractivity (Wildman–Crippen MR) is 74.8 cm³/mol. The first-order chi connectivity index (χ1) is 8.72. The van der Waals surface area contributed by atoms with Crippen LogP contribution >= 0.6 is 0 Å². The van der Waals surface area contributed by atoms with Gasteiger partial charge in [-0.05, 0) is 44.0 Å². The van der Waals surface area contributed by atoms with E-state index in [2.05, 4.69) is 24.4 Å².